The summed E-state index contributed by atoms with van der Waals surface area (Å²) >= 11 is 8.65. The van der Waals surface area contributed by atoms with Crippen LogP contribution >= 0.6 is 34.7 Å². The molecule has 2 amide bonds. The largest absolute Gasteiger partial charge is 0.450 e. The van der Waals surface area contributed by atoms with E-state index in [1.54, 1.807) is 41.3 Å². The molecule has 2 aliphatic rings. The van der Waals surface area contributed by atoms with Crippen molar-refractivity contribution in [1.82, 2.24) is 10.2 Å². The molecule has 11 heteroatoms. The molecule has 7 rings (SSSR count). The summed E-state index contributed by atoms with van der Waals surface area (Å²) in [5.41, 5.74) is 0.316. The van der Waals surface area contributed by atoms with E-state index in [9.17, 15) is 14.4 Å². The number of halogens is 1. The molecule has 5 aromatic rings. The number of fused-ring (bicyclic) bond motifs is 5. The molecule has 0 N–H and O–H groups in total. The zero-order chi connectivity index (χ0) is 27.6. The molecule has 1 spiro atoms. The number of nitrogens with zero attached hydrogens (tertiary/aromatic N) is 4. The van der Waals surface area contributed by atoms with Crippen LogP contribution in [0.15, 0.2) is 86.3 Å². The monoisotopic (exact) mass is 586 g/mol. The highest BCUT2D eigenvalue weighted by atomic mass is 35.5. The molecule has 0 saturated carbocycles. The number of hydrogen-bond acceptors (Lipinski definition) is 8. The van der Waals surface area contributed by atoms with Crippen LogP contribution in [0.4, 0.5) is 10.8 Å². The van der Waals surface area contributed by atoms with Gasteiger partial charge in [-0.2, -0.15) is 0 Å². The Balaban J connectivity index is 1.42. The normalized spacial score (nSPS) is 17.8. The van der Waals surface area contributed by atoms with Gasteiger partial charge in [-0.1, -0.05) is 77.2 Å². The Labute approximate surface area is 241 Å². The summed E-state index contributed by atoms with van der Waals surface area (Å²) < 4.78 is 6.68. The number of para-hydroxylation sites is 2. The first-order valence-corrected chi connectivity index (χ1v) is 14.7. The third-order valence-corrected chi connectivity index (χ3v) is 9.58. The Morgan fingerprint density at radius 2 is 1.73 bits per heavy atom. The van der Waals surface area contributed by atoms with Crippen molar-refractivity contribution >= 4 is 68.3 Å². The average Bonchev–Trinajstić information content (AvgIpc) is 3.61. The number of anilines is 2. The van der Waals surface area contributed by atoms with Gasteiger partial charge in [0.15, 0.2) is 15.3 Å². The van der Waals surface area contributed by atoms with Crippen molar-refractivity contribution in [2.75, 3.05) is 16.3 Å². The van der Waals surface area contributed by atoms with Crippen molar-refractivity contribution in [3.8, 4) is 0 Å². The first-order chi connectivity index (χ1) is 19.4. The predicted molar refractivity (Wildman–Crippen MR) is 155 cm³/mol. The van der Waals surface area contributed by atoms with Crippen molar-refractivity contribution in [3.05, 3.63) is 110 Å². The lowest BCUT2D eigenvalue weighted by Gasteiger charge is -2.31. The Hall–Kier alpha value is -3.99. The lowest BCUT2D eigenvalue weighted by Crippen LogP contribution is -2.53. The van der Waals surface area contributed by atoms with E-state index in [0.29, 0.717) is 38.3 Å². The van der Waals surface area contributed by atoms with E-state index in [1.165, 1.54) is 28.0 Å². The minimum Gasteiger partial charge on any atom is -0.450 e. The third kappa shape index (κ3) is 3.43. The predicted octanol–water partition coefficient (Wildman–Crippen LogP) is 5.86. The maximum absolute atomic E-state index is 14.4. The number of aromatic nitrogens is 2. The SMILES string of the molecule is CCN1C(=O)C2(c3ccccc31)c1c(oc3ccccc3c1=O)C(=O)N2c1nnc(SCc2ccc(Cl)cc2)s1. The van der Waals surface area contributed by atoms with Crippen LogP contribution in [-0.4, -0.2) is 28.6 Å². The lowest BCUT2D eigenvalue weighted by atomic mass is 9.84. The number of carbonyl (C=O) groups is 2. The highest BCUT2D eigenvalue weighted by Gasteiger charge is 2.66. The molecule has 3 aromatic carbocycles. The Morgan fingerprint density at radius 3 is 2.52 bits per heavy atom. The molecule has 2 aromatic heterocycles. The van der Waals surface area contributed by atoms with Crippen LogP contribution in [0.3, 0.4) is 0 Å². The van der Waals surface area contributed by atoms with Crippen LogP contribution in [0.2, 0.25) is 5.02 Å². The summed E-state index contributed by atoms with van der Waals surface area (Å²) in [7, 11) is 0. The first kappa shape index (κ1) is 25.0. The minimum atomic E-state index is -1.76. The zero-order valence-corrected chi connectivity index (χ0v) is 23.3. The van der Waals surface area contributed by atoms with E-state index in [0.717, 1.165) is 5.56 Å². The molecular formula is C29H19ClN4O4S2. The molecule has 4 heterocycles. The van der Waals surface area contributed by atoms with Crippen molar-refractivity contribution in [3.63, 3.8) is 0 Å². The summed E-state index contributed by atoms with van der Waals surface area (Å²) in [6, 6.07) is 21.5. The molecule has 1 unspecified atom stereocenters. The molecule has 1 atom stereocenters. The van der Waals surface area contributed by atoms with Gasteiger partial charge < -0.3 is 9.32 Å². The fourth-order valence-corrected chi connectivity index (χ4v) is 7.47. The fourth-order valence-electron chi connectivity index (χ4n) is 5.50. The van der Waals surface area contributed by atoms with Gasteiger partial charge in [0.25, 0.3) is 11.8 Å². The summed E-state index contributed by atoms with van der Waals surface area (Å²) in [6.07, 6.45) is 0. The number of rotatable bonds is 5. The number of carbonyl (C=O) groups excluding carboxylic acids is 2. The molecule has 40 heavy (non-hydrogen) atoms. The van der Waals surface area contributed by atoms with Gasteiger partial charge in [-0.05, 0) is 42.8 Å². The summed E-state index contributed by atoms with van der Waals surface area (Å²) in [5.74, 6) is -0.557. The second kappa shape index (κ2) is 9.29. The van der Waals surface area contributed by atoms with Crippen LogP contribution in [-0.2, 0) is 16.1 Å². The van der Waals surface area contributed by atoms with E-state index in [-0.39, 0.29) is 22.0 Å². The molecule has 0 aliphatic carbocycles. The highest BCUT2D eigenvalue weighted by Crippen LogP contribution is 2.54. The number of benzene rings is 3. The van der Waals surface area contributed by atoms with Crippen molar-refractivity contribution < 1.29 is 14.0 Å². The Bertz CT molecular complexity index is 1900. The van der Waals surface area contributed by atoms with Crippen LogP contribution in [0.5, 0.6) is 0 Å². The van der Waals surface area contributed by atoms with Crippen molar-refractivity contribution in [1.29, 1.82) is 0 Å². The molecule has 2 aliphatic heterocycles. The molecular weight excluding hydrogens is 568 g/mol. The van der Waals surface area contributed by atoms with Gasteiger partial charge in [-0.3, -0.25) is 19.3 Å². The van der Waals surface area contributed by atoms with Crippen molar-refractivity contribution in [2.24, 2.45) is 0 Å². The van der Waals surface area contributed by atoms with E-state index in [2.05, 4.69) is 10.2 Å². The van der Waals surface area contributed by atoms with Crippen LogP contribution in [0.25, 0.3) is 11.0 Å². The van der Waals surface area contributed by atoms with Gasteiger partial charge in [-0.25, -0.2) is 0 Å². The van der Waals surface area contributed by atoms with Crippen molar-refractivity contribution in [2.45, 2.75) is 22.6 Å². The van der Waals surface area contributed by atoms with Gasteiger partial charge in [0.1, 0.15) is 5.58 Å². The molecule has 0 saturated heterocycles. The number of amides is 2. The minimum absolute atomic E-state index is 0.00941. The Kier molecular flexibility index (Phi) is 5.81. The maximum atomic E-state index is 14.4. The molecule has 0 fully saturated rings. The second-order valence-corrected chi connectivity index (χ2v) is 11.9. The van der Waals surface area contributed by atoms with Gasteiger partial charge in [0.05, 0.1) is 16.6 Å². The first-order valence-electron chi connectivity index (χ1n) is 12.5. The molecule has 0 bridgehead atoms. The summed E-state index contributed by atoms with van der Waals surface area (Å²) in [4.78, 5) is 45.6. The number of thioether (sulfide) groups is 1. The van der Waals surface area contributed by atoms with Crippen LogP contribution in [0, 0.1) is 0 Å². The van der Waals surface area contributed by atoms with Gasteiger partial charge in [-0.15, -0.1) is 10.2 Å². The quantitative estimate of drug-likeness (QED) is 0.188. The van der Waals surface area contributed by atoms with Gasteiger partial charge >= 0.3 is 0 Å². The smallest absolute Gasteiger partial charge is 0.297 e. The topological polar surface area (TPSA) is 96.6 Å². The molecule has 198 valence electrons. The highest BCUT2D eigenvalue weighted by molar-refractivity contribution is 8.00. The van der Waals surface area contributed by atoms with E-state index < -0.39 is 22.8 Å². The summed E-state index contributed by atoms with van der Waals surface area (Å²) in [5, 5.41) is 9.83. The molecule has 0 radical (unpaired) electrons. The zero-order valence-electron chi connectivity index (χ0n) is 21.0. The van der Waals surface area contributed by atoms with E-state index in [1.807, 2.05) is 43.3 Å². The average molecular weight is 587 g/mol. The summed E-state index contributed by atoms with van der Waals surface area (Å²) in [6.45, 7) is 2.21. The third-order valence-electron chi connectivity index (χ3n) is 7.21. The second-order valence-electron chi connectivity index (χ2n) is 9.31. The van der Waals surface area contributed by atoms with Crippen LogP contribution < -0.4 is 15.2 Å². The van der Waals surface area contributed by atoms with Gasteiger partial charge in [0.2, 0.25) is 10.9 Å². The van der Waals surface area contributed by atoms with Crippen LogP contribution in [0.1, 0.15) is 34.2 Å². The Morgan fingerprint density at radius 1 is 0.975 bits per heavy atom. The standard InChI is InChI=1S/C29H19ClN4O4S2/c1-2-33-20-9-5-4-8-19(20)29(26(33)37)22-23(35)18-7-3-6-10-21(18)38-24(22)25(36)34(29)27-31-32-28(40-27)39-15-16-11-13-17(30)14-12-16/h3-14H,2,15H2,1H3. The van der Waals surface area contributed by atoms with E-state index in [4.69, 9.17) is 16.0 Å². The van der Waals surface area contributed by atoms with Gasteiger partial charge in [0, 0.05) is 22.9 Å². The fraction of sp³-hybridized carbons (Fsp3) is 0.138. The lowest BCUT2D eigenvalue weighted by molar-refractivity contribution is -0.121. The molecule has 8 nitrogen and oxygen atoms in total. The number of likely N-dealkylation sites (N-methyl/N-ethyl adjacent to an activating group) is 1. The maximum Gasteiger partial charge on any atom is 0.297 e. The van der Waals surface area contributed by atoms with E-state index >= 15 is 0 Å². The number of hydrogen-bond donors (Lipinski definition) is 0.